The van der Waals surface area contributed by atoms with Crippen LogP contribution in [-0.4, -0.2) is 73.8 Å². The van der Waals surface area contributed by atoms with Crippen LogP contribution < -0.4 is 10.2 Å². The molecule has 2 saturated heterocycles. The van der Waals surface area contributed by atoms with Crippen LogP contribution in [0.15, 0.2) is 47.5 Å². The van der Waals surface area contributed by atoms with E-state index in [1.165, 1.54) is 0 Å². The van der Waals surface area contributed by atoms with Gasteiger partial charge >= 0.3 is 0 Å². The van der Waals surface area contributed by atoms with Crippen molar-refractivity contribution in [1.82, 2.24) is 14.2 Å². The van der Waals surface area contributed by atoms with E-state index in [1.807, 2.05) is 6.92 Å². The molecule has 1 amide bonds. The first-order valence-corrected chi connectivity index (χ1v) is 13.6. The van der Waals surface area contributed by atoms with Crippen molar-refractivity contribution in [3.63, 3.8) is 0 Å². The molecule has 0 aliphatic carbocycles. The van der Waals surface area contributed by atoms with Crippen LogP contribution in [0.2, 0.25) is 0 Å². The van der Waals surface area contributed by atoms with E-state index in [0.29, 0.717) is 43.2 Å². The number of benzene rings is 1. The molecule has 3 heterocycles. The van der Waals surface area contributed by atoms with E-state index in [4.69, 9.17) is 0 Å². The number of sulfonamides is 1. The van der Waals surface area contributed by atoms with Gasteiger partial charge in [0, 0.05) is 51.2 Å². The van der Waals surface area contributed by atoms with Crippen molar-refractivity contribution in [1.29, 1.82) is 5.26 Å². The Bertz CT molecular complexity index is 1170. The summed E-state index contributed by atoms with van der Waals surface area (Å²) in [5.74, 6) is 0.550. The number of carbonyl (C=O) groups excluding carboxylic acids is 1. The number of piperidine rings is 1. The number of nitrogens with one attached hydrogen (secondary N) is 1. The van der Waals surface area contributed by atoms with Gasteiger partial charge in [0.1, 0.15) is 11.9 Å². The Balaban J connectivity index is 1.35. The minimum absolute atomic E-state index is 0.138. The van der Waals surface area contributed by atoms with Gasteiger partial charge in [0.2, 0.25) is 15.9 Å². The zero-order valence-electron chi connectivity index (χ0n) is 20.1. The maximum atomic E-state index is 13.0. The second-order valence-electron chi connectivity index (χ2n) is 9.02. The number of hydrogen-bond acceptors (Lipinski definition) is 7. The van der Waals surface area contributed by atoms with E-state index in [2.05, 4.69) is 26.2 Å². The van der Waals surface area contributed by atoms with Crippen molar-refractivity contribution in [2.24, 2.45) is 0 Å². The predicted molar refractivity (Wildman–Crippen MR) is 134 cm³/mol. The second kappa shape index (κ2) is 11.2. The summed E-state index contributed by atoms with van der Waals surface area (Å²) >= 11 is 0. The first-order valence-electron chi connectivity index (χ1n) is 12.2. The highest BCUT2D eigenvalue weighted by atomic mass is 32.2. The Morgan fingerprint density at radius 3 is 2.46 bits per heavy atom. The fourth-order valence-corrected chi connectivity index (χ4v) is 6.17. The maximum absolute atomic E-state index is 13.0. The number of pyridine rings is 1. The molecule has 0 bridgehead atoms. The second-order valence-corrected chi connectivity index (χ2v) is 11.0. The Morgan fingerprint density at radius 2 is 1.74 bits per heavy atom. The largest absolute Gasteiger partial charge is 0.354 e. The molecule has 2 aliphatic rings. The highest BCUT2D eigenvalue weighted by Crippen LogP contribution is 2.23. The number of aromatic nitrogens is 1. The molecule has 0 saturated carbocycles. The van der Waals surface area contributed by atoms with Gasteiger partial charge in [-0.05, 0) is 62.6 Å². The Hall–Kier alpha value is -3.00. The lowest BCUT2D eigenvalue weighted by molar-refractivity contribution is -0.120. The van der Waals surface area contributed by atoms with E-state index >= 15 is 0 Å². The highest BCUT2D eigenvalue weighted by Gasteiger charge is 2.27. The zero-order chi connectivity index (χ0) is 24.8. The Labute approximate surface area is 207 Å². The van der Waals surface area contributed by atoms with Gasteiger partial charge in [0.05, 0.1) is 16.5 Å². The van der Waals surface area contributed by atoms with Crippen molar-refractivity contribution in [3.8, 4) is 6.07 Å². The summed E-state index contributed by atoms with van der Waals surface area (Å²) in [6.45, 7) is 5.86. The summed E-state index contributed by atoms with van der Waals surface area (Å²) in [6.07, 6.45) is 5.38. The van der Waals surface area contributed by atoms with Crippen LogP contribution in [0.25, 0.3) is 0 Å². The number of hydrogen-bond donors (Lipinski definition) is 1. The van der Waals surface area contributed by atoms with Gasteiger partial charge in [0.25, 0.3) is 0 Å². The average Bonchev–Trinajstić information content (AvgIpc) is 3.15. The van der Waals surface area contributed by atoms with Gasteiger partial charge in [-0.15, -0.1) is 0 Å². The molecule has 0 spiro atoms. The van der Waals surface area contributed by atoms with Crippen molar-refractivity contribution in [3.05, 3.63) is 48.2 Å². The molecular formula is C25H32N6O3S. The topological polar surface area (TPSA) is 110 Å². The van der Waals surface area contributed by atoms with Crippen molar-refractivity contribution < 1.29 is 13.2 Å². The molecule has 10 heteroatoms. The van der Waals surface area contributed by atoms with Gasteiger partial charge < -0.3 is 10.2 Å². The predicted octanol–water partition coefficient (Wildman–Crippen LogP) is 2.67. The van der Waals surface area contributed by atoms with Crippen molar-refractivity contribution in [2.75, 3.05) is 49.5 Å². The highest BCUT2D eigenvalue weighted by molar-refractivity contribution is 7.89. The molecule has 1 atom stereocenters. The standard InChI is InChI=1S/C25H32N6O3S/c1-20(29-13-6-14-30(18-17-29)24-21(19-26)7-5-12-27-24)25(32)28-22-8-10-23(11-9-22)35(33,34)31-15-3-2-4-16-31/h5,7-12,20H,2-4,6,13-18H2,1H3,(H,28,32). The molecular weight excluding hydrogens is 464 g/mol. The first-order chi connectivity index (χ1) is 16.9. The van der Waals surface area contributed by atoms with Crippen molar-refractivity contribution in [2.45, 2.75) is 43.5 Å². The summed E-state index contributed by atoms with van der Waals surface area (Å²) in [4.78, 5) is 21.8. The van der Waals surface area contributed by atoms with E-state index in [9.17, 15) is 18.5 Å². The number of nitriles is 1. The molecule has 2 aliphatic heterocycles. The van der Waals surface area contributed by atoms with E-state index < -0.39 is 10.0 Å². The third-order valence-corrected chi connectivity index (χ3v) is 8.65. The molecule has 9 nitrogen and oxygen atoms in total. The summed E-state index contributed by atoms with van der Waals surface area (Å²) in [5.41, 5.74) is 1.13. The maximum Gasteiger partial charge on any atom is 0.243 e. The van der Waals surface area contributed by atoms with Crippen LogP contribution in [0.4, 0.5) is 11.5 Å². The molecule has 0 radical (unpaired) electrons. The fourth-order valence-electron chi connectivity index (χ4n) is 4.65. The molecule has 1 N–H and O–H groups in total. The Kier molecular flexibility index (Phi) is 8.00. The van der Waals surface area contributed by atoms with Crippen LogP contribution >= 0.6 is 0 Å². The van der Waals surface area contributed by atoms with Crippen LogP contribution in [0.3, 0.4) is 0 Å². The number of rotatable bonds is 6. The average molecular weight is 497 g/mol. The fraction of sp³-hybridized carbons (Fsp3) is 0.480. The molecule has 2 fully saturated rings. The number of nitrogens with zero attached hydrogens (tertiary/aromatic N) is 5. The summed E-state index contributed by atoms with van der Waals surface area (Å²) in [5, 5.41) is 12.3. The summed E-state index contributed by atoms with van der Waals surface area (Å²) in [6, 6.07) is 11.8. The van der Waals surface area contributed by atoms with Crippen LogP contribution in [-0.2, 0) is 14.8 Å². The lowest BCUT2D eigenvalue weighted by Crippen LogP contribution is -2.44. The number of carbonyl (C=O) groups is 1. The molecule has 1 aromatic carbocycles. The quantitative estimate of drug-likeness (QED) is 0.655. The van der Waals surface area contributed by atoms with Crippen LogP contribution in [0.1, 0.15) is 38.2 Å². The monoisotopic (exact) mass is 496 g/mol. The van der Waals surface area contributed by atoms with Crippen LogP contribution in [0.5, 0.6) is 0 Å². The summed E-state index contributed by atoms with van der Waals surface area (Å²) in [7, 11) is -3.50. The van der Waals surface area contributed by atoms with Gasteiger partial charge in [-0.2, -0.15) is 9.57 Å². The van der Waals surface area contributed by atoms with E-state index in [1.54, 1.807) is 46.9 Å². The lowest BCUT2D eigenvalue weighted by Gasteiger charge is -2.27. The SMILES string of the molecule is CC(C(=O)Nc1ccc(S(=O)(=O)N2CCCCC2)cc1)N1CCCN(c2ncccc2C#N)CC1. The lowest BCUT2D eigenvalue weighted by atomic mass is 10.2. The molecule has 35 heavy (non-hydrogen) atoms. The molecule has 1 aromatic heterocycles. The normalized spacial score (nSPS) is 18.9. The molecule has 2 aromatic rings. The number of anilines is 2. The minimum atomic E-state index is -3.50. The van der Waals surface area contributed by atoms with E-state index in [-0.39, 0.29) is 16.8 Å². The zero-order valence-corrected chi connectivity index (χ0v) is 20.9. The first kappa shape index (κ1) is 25.1. The molecule has 1 unspecified atom stereocenters. The van der Waals surface area contributed by atoms with Crippen molar-refractivity contribution >= 4 is 27.4 Å². The van der Waals surface area contributed by atoms with Crippen LogP contribution in [0, 0.1) is 11.3 Å². The van der Waals surface area contributed by atoms with Gasteiger partial charge in [-0.1, -0.05) is 6.42 Å². The minimum Gasteiger partial charge on any atom is -0.354 e. The number of amides is 1. The van der Waals surface area contributed by atoms with Gasteiger partial charge in [-0.25, -0.2) is 13.4 Å². The summed E-state index contributed by atoms with van der Waals surface area (Å²) < 4.78 is 27.2. The van der Waals surface area contributed by atoms with Gasteiger partial charge in [0.15, 0.2) is 0 Å². The third kappa shape index (κ3) is 5.81. The van der Waals surface area contributed by atoms with Gasteiger partial charge in [-0.3, -0.25) is 9.69 Å². The Morgan fingerprint density at radius 1 is 1.00 bits per heavy atom. The third-order valence-electron chi connectivity index (χ3n) is 6.74. The van der Waals surface area contributed by atoms with E-state index in [0.717, 1.165) is 38.8 Å². The molecule has 186 valence electrons. The molecule has 4 rings (SSSR count). The smallest absolute Gasteiger partial charge is 0.243 e.